The second kappa shape index (κ2) is 11.4. The lowest BCUT2D eigenvalue weighted by atomic mass is 10.1. The number of hydrogen-bond donors (Lipinski definition) is 4. The largest absolute Gasteiger partial charge is 0.423 e. The molecule has 0 spiro atoms. The number of halogens is 6. The minimum atomic E-state index is -5.78. The van der Waals surface area contributed by atoms with Gasteiger partial charge in [-0.3, -0.25) is 19.4 Å². The minimum Gasteiger partial charge on any atom is -0.370 e. The fourth-order valence-corrected chi connectivity index (χ4v) is 1.91. The summed E-state index contributed by atoms with van der Waals surface area (Å²) in [5.74, 6) is -2.96. The van der Waals surface area contributed by atoms with Gasteiger partial charge in [0.15, 0.2) is 11.7 Å². The Morgan fingerprint density at radius 1 is 1.07 bits per heavy atom. The van der Waals surface area contributed by atoms with E-state index < -0.39 is 55.2 Å². The van der Waals surface area contributed by atoms with Gasteiger partial charge >= 0.3 is 12.4 Å². The molecule has 1 unspecified atom stereocenters. The number of nitrogens with two attached hydrogens (primary N) is 2. The Morgan fingerprint density at radius 2 is 1.62 bits per heavy atom. The second-order valence-corrected chi connectivity index (χ2v) is 5.72. The lowest BCUT2D eigenvalue weighted by Gasteiger charge is -2.24. The molecule has 0 aliphatic rings. The van der Waals surface area contributed by atoms with Crippen molar-refractivity contribution < 1.29 is 45.5 Å². The van der Waals surface area contributed by atoms with Crippen LogP contribution in [0.15, 0.2) is 4.99 Å². The molecule has 0 aromatic rings. The van der Waals surface area contributed by atoms with Gasteiger partial charge in [-0.2, -0.15) is 26.3 Å². The fraction of sp³-hybridized carbons (Fsp3) is 0.714. The molecule has 0 bridgehead atoms. The molecule has 0 fully saturated rings. The van der Waals surface area contributed by atoms with Crippen molar-refractivity contribution in [3.05, 3.63) is 0 Å². The first-order chi connectivity index (χ1) is 13.1. The third kappa shape index (κ3) is 11.8. The predicted octanol–water partition coefficient (Wildman–Crippen LogP) is -0.260. The van der Waals surface area contributed by atoms with Gasteiger partial charge in [-0.25, -0.2) is 0 Å². The number of ether oxygens (including phenoxy) is 1. The molecule has 29 heavy (non-hydrogen) atoms. The normalized spacial score (nSPS) is 13.0. The maximum Gasteiger partial charge on any atom is 0.423 e. The summed E-state index contributed by atoms with van der Waals surface area (Å²) in [5.41, 5.74) is 10.2. The van der Waals surface area contributed by atoms with Crippen LogP contribution in [0, 0.1) is 0 Å². The number of nitrogens with one attached hydrogen (secondary N) is 2. The highest BCUT2D eigenvalue weighted by Crippen LogP contribution is 2.35. The van der Waals surface area contributed by atoms with Crippen LogP contribution in [0.3, 0.4) is 0 Å². The molecule has 1 atom stereocenters. The molecule has 0 rings (SSSR count). The highest BCUT2D eigenvalue weighted by Gasteiger charge is 2.58. The van der Waals surface area contributed by atoms with Gasteiger partial charge in [0.25, 0.3) is 0 Å². The summed E-state index contributed by atoms with van der Waals surface area (Å²) >= 11 is 0. The van der Waals surface area contributed by atoms with E-state index in [1.807, 2.05) is 0 Å². The highest BCUT2D eigenvalue weighted by atomic mass is 19.4. The zero-order valence-corrected chi connectivity index (χ0v) is 15.2. The van der Waals surface area contributed by atoms with Gasteiger partial charge in [-0.1, -0.05) is 0 Å². The Hall–Kier alpha value is -2.58. The van der Waals surface area contributed by atoms with Gasteiger partial charge in [0, 0.05) is 13.5 Å². The van der Waals surface area contributed by atoms with Gasteiger partial charge in [-0.15, -0.1) is 0 Å². The number of ketones is 1. The van der Waals surface area contributed by atoms with Gasteiger partial charge in [0.1, 0.15) is 6.61 Å². The van der Waals surface area contributed by atoms with Gasteiger partial charge < -0.3 is 26.8 Å². The summed E-state index contributed by atoms with van der Waals surface area (Å²) in [7, 11) is 0. The van der Waals surface area contributed by atoms with E-state index >= 15 is 0 Å². The molecule has 0 aliphatic carbocycles. The first kappa shape index (κ1) is 26.4. The first-order valence-corrected chi connectivity index (χ1v) is 8.01. The van der Waals surface area contributed by atoms with Crippen LogP contribution in [0.25, 0.3) is 0 Å². The van der Waals surface area contributed by atoms with Crippen LogP contribution in [0.4, 0.5) is 26.3 Å². The quantitative estimate of drug-likeness (QED) is 0.151. The van der Waals surface area contributed by atoms with Crippen LogP contribution < -0.4 is 22.1 Å². The molecule has 6 N–H and O–H groups in total. The molecule has 2 amide bonds. The number of Topliss-reactive ketones (excluding diaryl/α,β-unsaturated/α-hetero) is 1. The smallest absolute Gasteiger partial charge is 0.370 e. The van der Waals surface area contributed by atoms with Crippen molar-refractivity contribution in [2.75, 3.05) is 19.7 Å². The molecular weight excluding hydrogens is 416 g/mol. The molecule has 0 radical (unpaired) electrons. The van der Waals surface area contributed by atoms with E-state index in [-0.39, 0.29) is 25.3 Å². The number of alkyl halides is 6. The Morgan fingerprint density at radius 3 is 2.07 bits per heavy atom. The monoisotopic (exact) mass is 437 g/mol. The Bertz CT molecular complexity index is 590. The van der Waals surface area contributed by atoms with Crippen LogP contribution >= 0.6 is 0 Å². The van der Waals surface area contributed by atoms with E-state index in [1.54, 1.807) is 0 Å². The maximum absolute atomic E-state index is 12.5. The zero-order chi connectivity index (χ0) is 22.8. The summed E-state index contributed by atoms with van der Waals surface area (Å²) in [6.45, 7) is -1.02. The molecule has 0 aromatic heterocycles. The molecule has 15 heteroatoms. The molecule has 0 saturated heterocycles. The third-order valence-corrected chi connectivity index (χ3v) is 3.15. The number of nitrogens with zero attached hydrogens (tertiary/aromatic N) is 1. The van der Waals surface area contributed by atoms with E-state index in [2.05, 4.69) is 20.4 Å². The summed E-state index contributed by atoms with van der Waals surface area (Å²) in [4.78, 5) is 38.1. The molecule has 0 aliphatic heterocycles. The molecule has 0 saturated carbocycles. The molecule has 0 aromatic carbocycles. The van der Waals surface area contributed by atoms with Crippen molar-refractivity contribution in [1.29, 1.82) is 0 Å². The summed E-state index contributed by atoms with van der Waals surface area (Å²) in [5, 5.41) is 4.22. The number of amides is 2. The summed E-state index contributed by atoms with van der Waals surface area (Å²) in [6.07, 6.45) is -15.9. The van der Waals surface area contributed by atoms with Crippen LogP contribution in [0.1, 0.15) is 19.8 Å². The van der Waals surface area contributed by atoms with Crippen LogP contribution in [-0.2, 0) is 19.1 Å². The van der Waals surface area contributed by atoms with Crippen LogP contribution in [0.2, 0.25) is 0 Å². The van der Waals surface area contributed by atoms with Gasteiger partial charge in [-0.05, 0) is 12.8 Å². The lowest BCUT2D eigenvalue weighted by molar-refractivity contribution is -0.319. The van der Waals surface area contributed by atoms with Crippen LogP contribution in [-0.4, -0.2) is 67.8 Å². The van der Waals surface area contributed by atoms with E-state index in [0.717, 1.165) is 6.92 Å². The Kier molecular flexibility index (Phi) is 10.4. The minimum absolute atomic E-state index is 0.0116. The number of hydrogen-bond acceptors (Lipinski definition) is 5. The first-order valence-electron chi connectivity index (χ1n) is 8.01. The molecule has 9 nitrogen and oxygen atoms in total. The van der Waals surface area contributed by atoms with Gasteiger partial charge in [0.2, 0.25) is 17.9 Å². The lowest BCUT2D eigenvalue weighted by Crippen LogP contribution is -2.49. The zero-order valence-electron chi connectivity index (χ0n) is 15.2. The second-order valence-electron chi connectivity index (χ2n) is 5.72. The van der Waals surface area contributed by atoms with Crippen molar-refractivity contribution in [2.24, 2.45) is 16.5 Å². The van der Waals surface area contributed by atoms with Crippen molar-refractivity contribution in [2.45, 2.75) is 44.3 Å². The van der Waals surface area contributed by atoms with Crippen molar-refractivity contribution in [3.63, 3.8) is 0 Å². The number of carbonyl (C=O) groups excluding carboxylic acids is 3. The van der Waals surface area contributed by atoms with Crippen molar-refractivity contribution in [1.82, 2.24) is 10.6 Å². The predicted molar refractivity (Wildman–Crippen MR) is 87.4 cm³/mol. The molecule has 0 heterocycles. The maximum atomic E-state index is 12.5. The van der Waals surface area contributed by atoms with E-state index in [0.29, 0.717) is 0 Å². The van der Waals surface area contributed by atoms with Crippen molar-refractivity contribution in [3.8, 4) is 0 Å². The third-order valence-electron chi connectivity index (χ3n) is 3.15. The molecule has 168 valence electrons. The summed E-state index contributed by atoms with van der Waals surface area (Å²) < 4.78 is 78.6. The number of aliphatic imine (C=N–C) groups is 1. The van der Waals surface area contributed by atoms with Gasteiger partial charge in [0.05, 0.1) is 12.6 Å². The topological polar surface area (TPSA) is 149 Å². The number of guanidine groups is 1. The van der Waals surface area contributed by atoms with E-state index in [9.17, 15) is 40.7 Å². The summed E-state index contributed by atoms with van der Waals surface area (Å²) in [6, 6.07) is -1.48. The Balaban J connectivity index is 5.07. The highest BCUT2D eigenvalue weighted by molar-refractivity contribution is 5.91. The van der Waals surface area contributed by atoms with Crippen LogP contribution in [0.5, 0.6) is 0 Å². The molecular formula is C14H21F6N5O4. The Labute approximate surface area is 161 Å². The number of carbonyl (C=O) groups is 3. The van der Waals surface area contributed by atoms with E-state index in [4.69, 9.17) is 11.5 Å². The fourth-order valence-electron chi connectivity index (χ4n) is 1.91. The average Bonchev–Trinajstić information content (AvgIpc) is 2.52. The standard InChI is InChI=1S/C14H21F6N5O4/c1-7(26)24-5-10(28)25-8(3-2-4-23-12(21)22)9(27)6-29-11(13(15,16)17)14(18,19)20/h8,11H,2-6H2,1H3,(H,24,26)(H,25,28)(H4,21,22,23). The SMILES string of the molecule is CC(=O)NCC(=O)NC(CCCN=C(N)N)C(=O)COC(C(F)(F)F)C(F)(F)F. The number of rotatable bonds is 11. The van der Waals surface area contributed by atoms with E-state index in [1.165, 1.54) is 0 Å². The average molecular weight is 437 g/mol. The van der Waals surface area contributed by atoms with Crippen molar-refractivity contribution >= 4 is 23.6 Å².